The Bertz CT molecular complexity index is 2700. The number of hydrogen-bond donors (Lipinski definition) is 21. The lowest BCUT2D eigenvalue weighted by Crippen LogP contribution is -2.60. The number of thiol groups is 4. The lowest BCUT2D eigenvalue weighted by atomic mass is 10.0. The van der Waals surface area contributed by atoms with Crippen LogP contribution in [0.1, 0.15) is 63.1 Å². The number of H-pyrrole nitrogens is 1. The zero-order chi connectivity index (χ0) is 64.9. The fourth-order valence-electron chi connectivity index (χ4n) is 8.41. The number of nitrogens with two attached hydrogens (primary N) is 3. The molecule has 1 aliphatic rings. The number of carboxylic acids is 1. The highest BCUT2D eigenvalue weighted by molar-refractivity contribution is 7.80. The molecule has 0 spiro atoms. The van der Waals surface area contributed by atoms with Gasteiger partial charge in [0.15, 0.2) is 0 Å². The lowest BCUT2D eigenvalue weighted by molar-refractivity contribution is -0.142. The third-order valence-corrected chi connectivity index (χ3v) is 14.8. The molecule has 0 saturated carbocycles. The topological polar surface area (TPSA) is 513 Å². The average molecular weight is 1300 g/mol. The molecule has 1 fully saturated rings. The number of unbranched alkanes of at least 4 members (excludes halogenated alkanes) is 1. The maximum Gasteiger partial charge on any atom is 0.327 e. The molecule has 0 bridgehead atoms. The van der Waals surface area contributed by atoms with Gasteiger partial charge in [-0.3, -0.25) is 57.5 Å². The molecule has 1 saturated heterocycles. The van der Waals surface area contributed by atoms with Crippen LogP contribution in [0.3, 0.4) is 0 Å². The maximum absolute atomic E-state index is 14.3. The Morgan fingerprint density at radius 3 is 1.76 bits per heavy atom. The number of aromatic nitrogens is 2. The number of aromatic hydroxyl groups is 1. The molecule has 2 heterocycles. The Labute approximate surface area is 522 Å². The number of phenols is 1. The normalized spacial score (nSPS) is 16.2. The third-order valence-electron chi connectivity index (χ3n) is 13.3. The summed E-state index contributed by atoms with van der Waals surface area (Å²) in [4.78, 5) is 180. The molecule has 2 aromatic rings. The van der Waals surface area contributed by atoms with Crippen LogP contribution in [0.4, 0.5) is 0 Å². The highest BCUT2D eigenvalue weighted by atomic mass is 32.1. The van der Waals surface area contributed by atoms with Crippen LogP contribution >= 0.6 is 50.5 Å². The van der Waals surface area contributed by atoms with Crippen molar-refractivity contribution in [1.29, 1.82) is 0 Å². The standard InChI is InChI=1S/C51H78N16O16S4/c1-25(58-49(80)38-6-4-14-67(38)50(81)31(11-12-39(54)70)60-48(79)36(22-86)65-42(73)29(53)20-84)41(72)64-35(21-85)43(74)56-18-40(71)59-30(5-2-3-13-52)44(75)62-33(16-27-17-55-24-57-27)46(77)61-32(15-26-7-9-28(69)10-8-26)45(76)63-34(19-68)47(78)66-37(23-87)51(82)83/h7-10,17,24-25,29-38,68-69,84-87H,2-6,11-16,18-23,52-53H2,1H3,(H2,54,70)(H,55,57)(H,56,74)(H,58,80)(H,59,71)(H,60,79)(H,61,77)(H,62,75)(H,63,76)(H,64,72)(H,65,73)(H,66,78)(H,82,83)/t25-,29-,30-,31-,32-,33-,34-,35-,36-,37-,38-/m0/s1. The monoisotopic (exact) mass is 1300 g/mol. The first kappa shape index (κ1) is 73.9. The van der Waals surface area contributed by atoms with Gasteiger partial charge < -0.3 is 95.6 Å². The molecule has 20 N–H and O–H groups in total. The van der Waals surface area contributed by atoms with Gasteiger partial charge in [-0.2, -0.15) is 50.5 Å². The lowest BCUT2D eigenvalue weighted by Gasteiger charge is -2.30. The molecule has 1 aromatic carbocycles. The number of nitrogens with one attached hydrogen (secondary N) is 11. The van der Waals surface area contributed by atoms with Crippen LogP contribution in [0, 0.1) is 0 Å². The van der Waals surface area contributed by atoms with Gasteiger partial charge in [0, 0.05) is 60.7 Å². The molecule has 32 nitrogen and oxygen atoms in total. The van der Waals surface area contributed by atoms with E-state index >= 15 is 0 Å². The second-order valence-electron chi connectivity index (χ2n) is 20.0. The largest absolute Gasteiger partial charge is 0.508 e. The molecule has 36 heteroatoms. The zero-order valence-corrected chi connectivity index (χ0v) is 51.0. The van der Waals surface area contributed by atoms with Crippen molar-refractivity contribution in [2.24, 2.45) is 17.2 Å². The van der Waals surface area contributed by atoms with E-state index in [0.717, 1.165) is 0 Å². The number of benzene rings is 1. The number of carbonyl (C=O) groups is 13. The minimum atomic E-state index is -1.70. The summed E-state index contributed by atoms with van der Waals surface area (Å²) in [5.74, 6) is -13.0. The summed E-state index contributed by atoms with van der Waals surface area (Å²) in [6, 6.07) is -9.67. The number of likely N-dealkylation sites (tertiary alicyclic amines) is 1. The van der Waals surface area contributed by atoms with Gasteiger partial charge in [0.05, 0.1) is 25.5 Å². The fourth-order valence-corrected chi connectivity index (χ4v) is 9.34. The Kier molecular flexibility index (Phi) is 32.3. The SMILES string of the molecule is C[C@H](NC(=O)[C@@H]1CCCN1C(=O)[C@H](CCC(N)=O)NC(=O)[C@H](CS)NC(=O)[C@@H](N)CS)C(=O)N[C@@H](CS)C(=O)NCC(=O)N[C@@H](CCCCN)C(=O)N[C@@H](Cc1cnc[nH]1)C(=O)N[C@@H](Cc1ccc(O)cc1)C(=O)N[C@@H](CO)C(=O)N[C@@H](CS)C(=O)O. The van der Waals surface area contributed by atoms with Crippen LogP contribution in [-0.2, 0) is 75.2 Å². The van der Waals surface area contributed by atoms with E-state index in [1.54, 1.807) is 0 Å². The minimum absolute atomic E-state index is 0.0312. The van der Waals surface area contributed by atoms with E-state index in [2.05, 4.69) is 114 Å². The molecule has 11 atom stereocenters. The minimum Gasteiger partial charge on any atom is -0.508 e. The van der Waals surface area contributed by atoms with Crippen LogP contribution in [0.15, 0.2) is 36.8 Å². The number of aliphatic hydroxyl groups excluding tert-OH is 1. The number of aromatic amines is 1. The van der Waals surface area contributed by atoms with Gasteiger partial charge in [0.2, 0.25) is 70.9 Å². The molecular formula is C51H78N16O16S4. The van der Waals surface area contributed by atoms with Crippen molar-refractivity contribution in [2.75, 3.05) is 49.3 Å². The third kappa shape index (κ3) is 24.7. The van der Waals surface area contributed by atoms with Gasteiger partial charge in [-0.1, -0.05) is 12.1 Å². The van der Waals surface area contributed by atoms with Gasteiger partial charge in [0.1, 0.15) is 66.2 Å². The Morgan fingerprint density at radius 2 is 1.20 bits per heavy atom. The fraction of sp³-hybridized carbons (Fsp3) is 0.569. The van der Waals surface area contributed by atoms with Crippen molar-refractivity contribution in [3.05, 3.63) is 48.0 Å². The van der Waals surface area contributed by atoms with Crippen molar-refractivity contribution in [1.82, 2.24) is 68.0 Å². The second-order valence-corrected chi connectivity index (χ2v) is 21.4. The van der Waals surface area contributed by atoms with E-state index in [-0.39, 0.29) is 86.8 Å². The van der Waals surface area contributed by atoms with Crippen molar-refractivity contribution in [3.8, 4) is 5.75 Å². The number of nitrogens with zero attached hydrogens (tertiary/aromatic N) is 2. The van der Waals surface area contributed by atoms with E-state index in [9.17, 15) is 77.6 Å². The average Bonchev–Trinajstić information content (AvgIpc) is 3.98. The van der Waals surface area contributed by atoms with E-state index in [4.69, 9.17) is 17.2 Å². The number of amides is 12. The van der Waals surface area contributed by atoms with Gasteiger partial charge in [0.25, 0.3) is 0 Å². The first-order valence-corrected chi connectivity index (χ1v) is 29.9. The first-order valence-electron chi connectivity index (χ1n) is 27.4. The van der Waals surface area contributed by atoms with Crippen LogP contribution in [0.2, 0.25) is 0 Å². The van der Waals surface area contributed by atoms with Crippen molar-refractivity contribution in [2.45, 2.75) is 131 Å². The van der Waals surface area contributed by atoms with Crippen LogP contribution in [0.5, 0.6) is 5.75 Å². The molecule has 482 valence electrons. The molecule has 0 unspecified atom stereocenters. The smallest absolute Gasteiger partial charge is 0.327 e. The Balaban J connectivity index is 1.72. The van der Waals surface area contributed by atoms with Gasteiger partial charge in [-0.05, 0) is 69.7 Å². The molecule has 87 heavy (non-hydrogen) atoms. The number of phenolic OH excluding ortho intramolecular Hbond substituents is 1. The number of carboxylic acid groups (broad SMARTS) is 1. The summed E-state index contributed by atoms with van der Waals surface area (Å²) in [5, 5.41) is 53.7. The molecule has 12 amide bonds. The van der Waals surface area contributed by atoms with Gasteiger partial charge >= 0.3 is 5.97 Å². The van der Waals surface area contributed by atoms with Crippen molar-refractivity contribution < 1.29 is 77.6 Å². The quantitative estimate of drug-likeness (QED) is 0.0219. The number of carbonyl (C=O) groups excluding carboxylic acids is 12. The predicted octanol–water partition coefficient (Wildman–Crippen LogP) is -7.09. The highest BCUT2D eigenvalue weighted by Gasteiger charge is 2.40. The summed E-state index contributed by atoms with van der Waals surface area (Å²) in [6.45, 7) is -0.197. The van der Waals surface area contributed by atoms with E-state index in [1.165, 1.54) is 48.6 Å². The zero-order valence-electron chi connectivity index (χ0n) is 47.4. The van der Waals surface area contributed by atoms with Crippen LogP contribution < -0.4 is 70.4 Å². The number of aliphatic carboxylic acids is 1. The Hall–Kier alpha value is -7.38. The molecule has 1 aliphatic heterocycles. The van der Waals surface area contributed by atoms with Crippen molar-refractivity contribution in [3.63, 3.8) is 0 Å². The van der Waals surface area contributed by atoms with Gasteiger partial charge in [-0.25, -0.2) is 9.78 Å². The number of rotatable bonds is 38. The van der Waals surface area contributed by atoms with E-state index in [1.807, 2.05) is 0 Å². The summed E-state index contributed by atoms with van der Waals surface area (Å²) >= 11 is 16.2. The van der Waals surface area contributed by atoms with Crippen molar-refractivity contribution >= 4 is 127 Å². The number of primary amides is 1. The number of hydrogen-bond acceptors (Lipinski definition) is 22. The predicted molar refractivity (Wildman–Crippen MR) is 324 cm³/mol. The van der Waals surface area contributed by atoms with Crippen LogP contribution in [0.25, 0.3) is 0 Å². The number of aliphatic hydroxyl groups is 1. The summed E-state index contributed by atoms with van der Waals surface area (Å²) in [7, 11) is 0. The van der Waals surface area contributed by atoms with E-state index in [0.29, 0.717) is 24.1 Å². The number of imidazole rings is 1. The molecular weight excluding hydrogens is 1220 g/mol. The molecule has 3 rings (SSSR count). The molecule has 0 aliphatic carbocycles. The summed E-state index contributed by atoms with van der Waals surface area (Å²) < 4.78 is 0. The maximum atomic E-state index is 14.3. The van der Waals surface area contributed by atoms with Crippen LogP contribution in [-0.4, -0.2) is 223 Å². The molecule has 1 aromatic heterocycles. The highest BCUT2D eigenvalue weighted by Crippen LogP contribution is 2.21. The van der Waals surface area contributed by atoms with E-state index < -0.39 is 156 Å². The Morgan fingerprint density at radius 1 is 0.655 bits per heavy atom. The summed E-state index contributed by atoms with van der Waals surface area (Å²) in [5.41, 5.74) is 17.5. The first-order chi connectivity index (χ1) is 41.3. The van der Waals surface area contributed by atoms with Gasteiger partial charge in [-0.15, -0.1) is 0 Å². The molecule has 0 radical (unpaired) electrons. The second kappa shape index (κ2) is 38.0. The summed E-state index contributed by atoms with van der Waals surface area (Å²) in [6.07, 6.45) is 2.63.